The zero-order valence-electron chi connectivity index (χ0n) is 12.6. The van der Waals surface area contributed by atoms with E-state index >= 15 is 0 Å². The quantitative estimate of drug-likeness (QED) is 0.799. The van der Waals surface area contributed by atoms with Crippen molar-refractivity contribution in [2.75, 3.05) is 26.8 Å². The predicted molar refractivity (Wildman–Crippen MR) is 75.6 cm³/mol. The van der Waals surface area contributed by atoms with E-state index in [-0.39, 0.29) is 19.0 Å². The first-order valence-corrected chi connectivity index (χ1v) is 6.87. The highest BCUT2D eigenvalue weighted by atomic mass is 19.4. The Morgan fingerprint density at radius 2 is 2.05 bits per heavy atom. The van der Waals surface area contributed by atoms with E-state index in [9.17, 15) is 18.0 Å². The number of alkyl halides is 3. The number of halogens is 3. The maximum absolute atomic E-state index is 12.8. The molecule has 4 nitrogen and oxygen atoms in total. The van der Waals surface area contributed by atoms with Gasteiger partial charge in [-0.1, -0.05) is 12.1 Å². The third kappa shape index (κ3) is 5.65. The molecular weight excluding hydrogens is 299 g/mol. The van der Waals surface area contributed by atoms with Crippen molar-refractivity contribution in [3.05, 3.63) is 35.4 Å². The maximum atomic E-state index is 12.8. The van der Waals surface area contributed by atoms with Crippen LogP contribution in [0.4, 0.5) is 13.2 Å². The molecule has 0 aliphatic heterocycles. The van der Waals surface area contributed by atoms with Crippen LogP contribution in [-0.4, -0.2) is 42.8 Å². The average Bonchev–Trinajstić information content (AvgIpc) is 2.46. The molecule has 0 bridgehead atoms. The summed E-state index contributed by atoms with van der Waals surface area (Å²) in [7, 11) is 1.52. The van der Waals surface area contributed by atoms with Gasteiger partial charge in [-0.05, 0) is 24.6 Å². The summed E-state index contributed by atoms with van der Waals surface area (Å²) in [6.07, 6.45) is -4.47. The van der Waals surface area contributed by atoms with Crippen LogP contribution >= 0.6 is 0 Å². The maximum Gasteiger partial charge on any atom is 0.416 e. The monoisotopic (exact) mass is 319 g/mol. The normalized spacial score (nSPS) is 13.4. The lowest BCUT2D eigenvalue weighted by Gasteiger charge is -2.29. The Kier molecular flexibility index (Phi) is 6.83. The fourth-order valence-corrected chi connectivity index (χ4v) is 2.13. The Morgan fingerprint density at radius 3 is 2.59 bits per heavy atom. The van der Waals surface area contributed by atoms with Gasteiger partial charge in [0.25, 0.3) is 0 Å². The molecule has 7 heteroatoms. The van der Waals surface area contributed by atoms with Gasteiger partial charge >= 0.3 is 12.1 Å². The van der Waals surface area contributed by atoms with E-state index in [1.54, 1.807) is 17.9 Å². The number of ether oxygens (including phenoxy) is 1. The number of nitrogens with zero attached hydrogens (tertiary/aromatic N) is 1. The Balaban J connectivity index is 2.91. The zero-order chi connectivity index (χ0) is 16.8. The van der Waals surface area contributed by atoms with Crippen LogP contribution in [0.15, 0.2) is 24.3 Å². The fourth-order valence-electron chi connectivity index (χ4n) is 2.13. The topological polar surface area (TPSA) is 49.8 Å². The lowest BCUT2D eigenvalue weighted by Crippen LogP contribution is -2.32. The molecule has 1 aromatic carbocycles. The third-order valence-corrected chi connectivity index (χ3v) is 3.44. The van der Waals surface area contributed by atoms with Crippen LogP contribution in [0.1, 0.15) is 30.5 Å². The average molecular weight is 319 g/mol. The molecule has 0 spiro atoms. The van der Waals surface area contributed by atoms with Crippen molar-refractivity contribution < 1.29 is 27.8 Å². The third-order valence-electron chi connectivity index (χ3n) is 3.44. The molecule has 0 aromatic heterocycles. The van der Waals surface area contributed by atoms with Crippen molar-refractivity contribution >= 4 is 5.97 Å². The fraction of sp³-hybridized carbons (Fsp3) is 0.533. The minimum absolute atomic E-state index is 0.0764. The van der Waals surface area contributed by atoms with Crippen LogP contribution in [-0.2, 0) is 15.7 Å². The number of aliphatic carboxylic acids is 1. The smallest absolute Gasteiger partial charge is 0.416 e. The van der Waals surface area contributed by atoms with Gasteiger partial charge in [0.1, 0.15) is 0 Å². The number of hydrogen-bond acceptors (Lipinski definition) is 3. The number of benzene rings is 1. The van der Waals surface area contributed by atoms with Crippen LogP contribution in [0.2, 0.25) is 0 Å². The molecule has 22 heavy (non-hydrogen) atoms. The molecule has 1 aromatic rings. The number of hydrogen-bond donors (Lipinski definition) is 1. The minimum Gasteiger partial charge on any atom is -0.481 e. The molecule has 1 atom stereocenters. The molecule has 0 amide bonds. The van der Waals surface area contributed by atoms with Crippen LogP contribution in [0, 0.1) is 0 Å². The number of carboxylic acid groups (broad SMARTS) is 1. The highest BCUT2D eigenvalue weighted by Gasteiger charge is 2.31. The van der Waals surface area contributed by atoms with Gasteiger partial charge in [-0.25, -0.2) is 0 Å². The van der Waals surface area contributed by atoms with E-state index in [4.69, 9.17) is 9.84 Å². The van der Waals surface area contributed by atoms with Gasteiger partial charge in [0, 0.05) is 26.2 Å². The van der Waals surface area contributed by atoms with E-state index in [1.165, 1.54) is 13.2 Å². The first-order valence-electron chi connectivity index (χ1n) is 6.87. The highest BCUT2D eigenvalue weighted by molar-refractivity contribution is 5.66. The van der Waals surface area contributed by atoms with Gasteiger partial charge in [-0.15, -0.1) is 0 Å². The van der Waals surface area contributed by atoms with E-state index in [0.29, 0.717) is 18.7 Å². The summed E-state index contributed by atoms with van der Waals surface area (Å²) in [5.74, 6) is -0.946. The summed E-state index contributed by atoms with van der Waals surface area (Å²) in [5, 5.41) is 8.78. The Hall–Kier alpha value is -1.60. The summed E-state index contributed by atoms with van der Waals surface area (Å²) in [6.45, 7) is 2.83. The van der Waals surface area contributed by atoms with Crippen molar-refractivity contribution in [3.63, 3.8) is 0 Å². The zero-order valence-corrected chi connectivity index (χ0v) is 12.6. The standard InChI is InChI=1S/C15H20F3NO3/c1-11(19(8-9-22-2)7-6-14(20)21)12-4-3-5-13(10-12)15(16,17)18/h3-5,10-11H,6-9H2,1-2H3,(H,20,21). The summed E-state index contributed by atoms with van der Waals surface area (Å²) >= 11 is 0. The largest absolute Gasteiger partial charge is 0.481 e. The molecule has 1 unspecified atom stereocenters. The van der Waals surface area contributed by atoms with Gasteiger partial charge in [-0.2, -0.15) is 13.2 Å². The molecule has 1 N–H and O–H groups in total. The summed E-state index contributed by atoms with van der Waals surface area (Å²) in [5.41, 5.74) is -0.210. The molecule has 0 saturated heterocycles. The van der Waals surface area contributed by atoms with Gasteiger partial charge in [-0.3, -0.25) is 9.69 Å². The molecule has 0 aliphatic rings. The highest BCUT2D eigenvalue weighted by Crippen LogP contribution is 2.31. The Labute approximate surface area is 127 Å². The lowest BCUT2D eigenvalue weighted by atomic mass is 10.0. The second-order valence-corrected chi connectivity index (χ2v) is 4.97. The number of rotatable bonds is 8. The number of carboxylic acids is 1. The van der Waals surface area contributed by atoms with Crippen molar-refractivity contribution in [2.45, 2.75) is 25.6 Å². The SMILES string of the molecule is COCCN(CCC(=O)O)C(C)c1cccc(C(F)(F)F)c1. The van der Waals surface area contributed by atoms with E-state index < -0.39 is 17.7 Å². The molecule has 0 saturated carbocycles. The molecule has 1 rings (SSSR count). The van der Waals surface area contributed by atoms with E-state index in [0.717, 1.165) is 12.1 Å². The minimum atomic E-state index is -4.39. The first-order chi connectivity index (χ1) is 10.3. The van der Waals surface area contributed by atoms with Crippen LogP contribution in [0.3, 0.4) is 0 Å². The number of carbonyl (C=O) groups is 1. The summed E-state index contributed by atoms with van der Waals surface area (Å²) in [6, 6.07) is 4.76. The van der Waals surface area contributed by atoms with Crippen LogP contribution < -0.4 is 0 Å². The van der Waals surface area contributed by atoms with E-state index in [2.05, 4.69) is 0 Å². The second kappa shape index (κ2) is 8.14. The molecule has 0 fully saturated rings. The van der Waals surface area contributed by atoms with Gasteiger partial charge in [0.2, 0.25) is 0 Å². The van der Waals surface area contributed by atoms with Crippen molar-refractivity contribution in [2.24, 2.45) is 0 Å². The van der Waals surface area contributed by atoms with Crippen LogP contribution in [0.5, 0.6) is 0 Å². The van der Waals surface area contributed by atoms with Crippen LogP contribution in [0.25, 0.3) is 0 Å². The summed E-state index contributed by atoms with van der Waals surface area (Å²) < 4.78 is 43.3. The first kappa shape index (κ1) is 18.4. The molecule has 0 heterocycles. The van der Waals surface area contributed by atoms with Crippen molar-refractivity contribution in [1.82, 2.24) is 4.90 Å². The van der Waals surface area contributed by atoms with Crippen molar-refractivity contribution in [1.29, 1.82) is 0 Å². The molecule has 124 valence electrons. The molecular formula is C15H20F3NO3. The summed E-state index contributed by atoms with van der Waals surface area (Å²) in [4.78, 5) is 12.5. The number of methoxy groups -OCH3 is 1. The molecule has 0 aliphatic carbocycles. The Morgan fingerprint density at radius 1 is 1.36 bits per heavy atom. The second-order valence-electron chi connectivity index (χ2n) is 4.97. The Bertz CT molecular complexity index is 491. The van der Waals surface area contributed by atoms with Gasteiger partial charge < -0.3 is 9.84 Å². The van der Waals surface area contributed by atoms with Gasteiger partial charge in [0.15, 0.2) is 0 Å². The van der Waals surface area contributed by atoms with Gasteiger partial charge in [0.05, 0.1) is 18.6 Å². The predicted octanol–water partition coefficient (Wildman–Crippen LogP) is 3.19. The van der Waals surface area contributed by atoms with E-state index in [1.807, 2.05) is 0 Å². The lowest BCUT2D eigenvalue weighted by molar-refractivity contribution is -0.138. The van der Waals surface area contributed by atoms with Crippen molar-refractivity contribution in [3.8, 4) is 0 Å². The molecule has 0 radical (unpaired) electrons.